The van der Waals surface area contributed by atoms with Gasteiger partial charge in [-0.25, -0.2) is 17.6 Å². The van der Waals surface area contributed by atoms with Crippen molar-refractivity contribution >= 4 is 16.9 Å². The summed E-state index contributed by atoms with van der Waals surface area (Å²) in [6.45, 7) is 1.60. The molecule has 0 fully saturated rings. The third kappa shape index (κ3) is 4.26. The van der Waals surface area contributed by atoms with Crippen LogP contribution >= 0.6 is 0 Å². The summed E-state index contributed by atoms with van der Waals surface area (Å²) >= 11 is 0. The average molecular weight is 433 g/mol. The van der Waals surface area contributed by atoms with Gasteiger partial charge in [-0.05, 0) is 31.2 Å². The highest BCUT2D eigenvalue weighted by molar-refractivity contribution is 5.99. The van der Waals surface area contributed by atoms with Gasteiger partial charge in [0, 0.05) is 24.2 Å². The molecule has 2 aromatic heterocycles. The van der Waals surface area contributed by atoms with Crippen LogP contribution in [-0.4, -0.2) is 37.9 Å². The van der Waals surface area contributed by atoms with E-state index in [1.54, 1.807) is 0 Å². The molecule has 2 aromatic carbocycles. The summed E-state index contributed by atoms with van der Waals surface area (Å²) in [5.41, 5.74) is 0.227. The third-order valence-corrected chi connectivity index (χ3v) is 4.25. The van der Waals surface area contributed by atoms with Crippen molar-refractivity contribution in [2.45, 2.75) is 13.0 Å². The van der Waals surface area contributed by atoms with Gasteiger partial charge in [0.05, 0.1) is 17.2 Å². The summed E-state index contributed by atoms with van der Waals surface area (Å²) < 4.78 is 60.1. The van der Waals surface area contributed by atoms with E-state index in [0.717, 1.165) is 24.3 Å². The monoisotopic (exact) mass is 433 g/mol. The topological polar surface area (TPSA) is 95.9 Å². The molecule has 160 valence electrons. The number of rotatable bonds is 6. The van der Waals surface area contributed by atoms with E-state index in [1.807, 2.05) is 0 Å². The first-order chi connectivity index (χ1) is 14.8. The fraction of sp³-hybridized carbons (Fsp3) is 0.150. The van der Waals surface area contributed by atoms with Crippen LogP contribution in [0.4, 0.5) is 23.4 Å². The number of ether oxygens (including phenoxy) is 1. The Morgan fingerprint density at radius 1 is 1.03 bits per heavy atom. The van der Waals surface area contributed by atoms with Crippen LogP contribution < -0.4 is 10.1 Å². The molecular weight excluding hydrogens is 418 g/mol. The van der Waals surface area contributed by atoms with E-state index in [4.69, 9.17) is 4.74 Å². The minimum Gasteiger partial charge on any atom is -0.421 e. The highest BCUT2D eigenvalue weighted by Gasteiger charge is 2.20. The lowest BCUT2D eigenvalue weighted by atomic mass is 10.1. The van der Waals surface area contributed by atoms with Gasteiger partial charge in [0.2, 0.25) is 0 Å². The van der Waals surface area contributed by atoms with Crippen molar-refractivity contribution in [1.29, 1.82) is 0 Å². The molecule has 11 heteroatoms. The lowest BCUT2D eigenvalue weighted by molar-refractivity contribution is 0.208. The summed E-state index contributed by atoms with van der Waals surface area (Å²) in [5.74, 6) is -3.53. The molecule has 0 aliphatic heterocycles. The molecule has 2 heterocycles. The zero-order valence-electron chi connectivity index (χ0n) is 16.0. The Morgan fingerprint density at radius 3 is 2.42 bits per heavy atom. The SMILES string of the molecule is CC(O)CNc1nc(Oc2ccc(F)cc2F)nc2n[nH]c(-c3ccc(F)cc3F)c12. The van der Waals surface area contributed by atoms with Gasteiger partial charge in [0.15, 0.2) is 17.2 Å². The van der Waals surface area contributed by atoms with Gasteiger partial charge in [-0.15, -0.1) is 0 Å². The van der Waals surface area contributed by atoms with Crippen LogP contribution in [0.25, 0.3) is 22.3 Å². The van der Waals surface area contributed by atoms with Crippen molar-refractivity contribution in [1.82, 2.24) is 20.2 Å². The molecule has 1 atom stereocenters. The summed E-state index contributed by atoms with van der Waals surface area (Å²) in [6, 6.07) is 5.45. The van der Waals surface area contributed by atoms with Crippen molar-refractivity contribution in [3.8, 4) is 23.0 Å². The zero-order valence-corrected chi connectivity index (χ0v) is 16.0. The number of hydrogen-bond acceptors (Lipinski definition) is 6. The van der Waals surface area contributed by atoms with Crippen molar-refractivity contribution in [3.63, 3.8) is 0 Å². The Morgan fingerprint density at radius 2 is 1.74 bits per heavy atom. The first-order valence-corrected chi connectivity index (χ1v) is 9.08. The molecule has 4 aromatic rings. The summed E-state index contributed by atoms with van der Waals surface area (Å²) in [6.07, 6.45) is -0.762. The molecule has 31 heavy (non-hydrogen) atoms. The fourth-order valence-corrected chi connectivity index (χ4v) is 2.87. The highest BCUT2D eigenvalue weighted by atomic mass is 19.1. The number of aliphatic hydroxyl groups is 1. The van der Waals surface area contributed by atoms with Gasteiger partial charge < -0.3 is 15.2 Å². The lowest BCUT2D eigenvalue weighted by Crippen LogP contribution is -2.16. The average Bonchev–Trinajstić information content (AvgIpc) is 3.12. The zero-order chi connectivity index (χ0) is 22.1. The van der Waals surface area contributed by atoms with E-state index in [9.17, 15) is 22.7 Å². The minimum atomic E-state index is -0.960. The van der Waals surface area contributed by atoms with Crippen molar-refractivity contribution in [2.75, 3.05) is 11.9 Å². The van der Waals surface area contributed by atoms with Crippen molar-refractivity contribution in [2.24, 2.45) is 0 Å². The number of hydrogen-bond donors (Lipinski definition) is 3. The number of aliphatic hydroxyl groups excluding tert-OH is 1. The Bertz CT molecular complexity index is 1260. The summed E-state index contributed by atoms with van der Waals surface area (Å²) in [5, 5.41) is 19.4. The molecule has 3 N–H and O–H groups in total. The molecule has 0 amide bonds. The van der Waals surface area contributed by atoms with Crippen LogP contribution in [0.5, 0.6) is 11.8 Å². The van der Waals surface area contributed by atoms with E-state index in [0.29, 0.717) is 6.07 Å². The van der Waals surface area contributed by atoms with E-state index < -0.39 is 29.4 Å². The van der Waals surface area contributed by atoms with Crippen molar-refractivity contribution < 1.29 is 27.4 Å². The molecule has 0 saturated carbocycles. The van der Waals surface area contributed by atoms with Crippen LogP contribution in [0.1, 0.15) is 6.92 Å². The largest absolute Gasteiger partial charge is 0.421 e. The van der Waals surface area contributed by atoms with Crippen LogP contribution in [0.2, 0.25) is 0 Å². The van der Waals surface area contributed by atoms with Gasteiger partial charge in [-0.2, -0.15) is 15.1 Å². The van der Waals surface area contributed by atoms with Crippen LogP contribution in [-0.2, 0) is 0 Å². The van der Waals surface area contributed by atoms with Crippen molar-refractivity contribution in [3.05, 3.63) is 59.7 Å². The fourth-order valence-electron chi connectivity index (χ4n) is 2.87. The Hall–Kier alpha value is -3.73. The standard InChI is InChI=1S/C20H15F4N5O2/c1-9(30)8-25-18-16-17(12-4-2-10(21)6-13(12)23)28-29-19(16)27-20(26-18)31-15-5-3-11(22)7-14(15)24/h2-7,9,30H,8H2,1H3,(H2,25,26,27,28,29). The Kier molecular flexibility index (Phi) is 5.42. The predicted octanol–water partition coefficient (Wildman–Crippen LogP) is 4.16. The number of H-pyrrole nitrogens is 1. The maximum Gasteiger partial charge on any atom is 0.326 e. The maximum atomic E-state index is 14.3. The lowest BCUT2D eigenvalue weighted by Gasteiger charge is -2.12. The highest BCUT2D eigenvalue weighted by Crippen LogP contribution is 2.34. The Balaban J connectivity index is 1.82. The van der Waals surface area contributed by atoms with E-state index >= 15 is 0 Å². The van der Waals surface area contributed by atoms with E-state index in [2.05, 4.69) is 25.5 Å². The van der Waals surface area contributed by atoms with Crippen LogP contribution in [0.3, 0.4) is 0 Å². The second kappa shape index (κ2) is 8.19. The number of fused-ring (bicyclic) bond motifs is 1. The number of anilines is 1. The normalized spacial score (nSPS) is 12.2. The van der Waals surface area contributed by atoms with Gasteiger partial charge in [-0.1, -0.05) is 0 Å². The van der Waals surface area contributed by atoms with Crippen LogP contribution in [0.15, 0.2) is 36.4 Å². The number of halogens is 4. The maximum absolute atomic E-state index is 14.3. The molecule has 1 unspecified atom stereocenters. The smallest absolute Gasteiger partial charge is 0.326 e. The second-order valence-corrected chi connectivity index (χ2v) is 6.68. The first kappa shape index (κ1) is 20.5. The molecule has 0 saturated heterocycles. The third-order valence-electron chi connectivity index (χ3n) is 4.25. The second-order valence-electron chi connectivity index (χ2n) is 6.68. The van der Waals surface area contributed by atoms with E-state index in [-0.39, 0.29) is 46.4 Å². The molecule has 0 radical (unpaired) electrons. The van der Waals surface area contributed by atoms with Gasteiger partial charge in [-0.3, -0.25) is 5.10 Å². The molecule has 0 aliphatic carbocycles. The number of nitrogens with zero attached hydrogens (tertiary/aromatic N) is 3. The number of benzene rings is 2. The molecule has 0 aliphatic rings. The number of nitrogens with one attached hydrogen (secondary N) is 2. The minimum absolute atomic E-state index is 0.0193. The number of aromatic nitrogens is 4. The quantitative estimate of drug-likeness (QED) is 0.395. The number of aromatic amines is 1. The molecule has 7 nitrogen and oxygen atoms in total. The predicted molar refractivity (Wildman–Crippen MR) is 104 cm³/mol. The molecule has 0 bridgehead atoms. The van der Waals surface area contributed by atoms with Gasteiger partial charge in [0.1, 0.15) is 23.3 Å². The van der Waals surface area contributed by atoms with Gasteiger partial charge in [0.25, 0.3) is 0 Å². The molecular formula is C20H15F4N5O2. The van der Waals surface area contributed by atoms with Gasteiger partial charge >= 0.3 is 6.01 Å². The molecule has 4 rings (SSSR count). The summed E-state index contributed by atoms with van der Waals surface area (Å²) in [4.78, 5) is 8.24. The summed E-state index contributed by atoms with van der Waals surface area (Å²) in [7, 11) is 0. The molecule has 0 spiro atoms. The van der Waals surface area contributed by atoms with E-state index in [1.165, 1.54) is 13.0 Å². The Labute approximate surface area is 172 Å². The first-order valence-electron chi connectivity index (χ1n) is 9.08. The van der Waals surface area contributed by atoms with Crippen LogP contribution in [0, 0.1) is 23.3 Å².